The molecule has 0 unspecified atom stereocenters. The molecule has 1 fully saturated rings. The average Bonchev–Trinajstić information content (AvgIpc) is 2.43. The van der Waals surface area contributed by atoms with Gasteiger partial charge in [0.15, 0.2) is 0 Å². The molecule has 108 valence electrons. The molecule has 1 aromatic carbocycles. The Hall–Kier alpha value is -1.84. The topological polar surface area (TPSA) is 49.4 Å². The molecule has 1 heterocycles. The van der Waals surface area contributed by atoms with Crippen LogP contribution < -0.4 is 5.32 Å². The number of piperidine rings is 1. The maximum absolute atomic E-state index is 12.3. The first-order valence-corrected chi connectivity index (χ1v) is 7.14. The number of nitrogens with one attached hydrogen (secondary N) is 1. The highest BCUT2D eigenvalue weighted by Gasteiger charge is 2.38. The number of rotatable bonds is 3. The molecule has 2 atom stereocenters. The zero-order valence-electron chi connectivity index (χ0n) is 12.3. The Morgan fingerprint density at radius 1 is 1.35 bits per heavy atom. The monoisotopic (exact) mass is 274 g/mol. The average molecular weight is 274 g/mol. The fourth-order valence-corrected chi connectivity index (χ4v) is 2.84. The molecule has 0 saturated carbocycles. The van der Waals surface area contributed by atoms with Gasteiger partial charge >= 0.3 is 0 Å². The van der Waals surface area contributed by atoms with Crippen molar-refractivity contribution >= 4 is 11.8 Å². The number of carbonyl (C=O) groups is 2. The highest BCUT2D eigenvalue weighted by Crippen LogP contribution is 2.35. The number of nitrogens with zero attached hydrogens (tertiary/aromatic N) is 1. The van der Waals surface area contributed by atoms with Crippen molar-refractivity contribution in [3.63, 3.8) is 0 Å². The number of carbonyl (C=O) groups excluding carboxylic acids is 2. The zero-order valence-corrected chi connectivity index (χ0v) is 12.3. The lowest BCUT2D eigenvalue weighted by atomic mass is 9.83. The number of hydrogen-bond acceptors (Lipinski definition) is 2. The maximum Gasteiger partial charge on any atom is 0.225 e. The SMILES string of the molecule is CCNC(=O)[C@@H]1CCC(=O)N(C)[C@@H]1c1ccc(C)cc1. The minimum Gasteiger partial charge on any atom is -0.356 e. The molecule has 4 heteroatoms. The summed E-state index contributed by atoms with van der Waals surface area (Å²) >= 11 is 0. The van der Waals surface area contributed by atoms with Crippen molar-refractivity contribution in [1.29, 1.82) is 0 Å². The first-order chi connectivity index (χ1) is 9.54. The van der Waals surface area contributed by atoms with Gasteiger partial charge in [-0.05, 0) is 25.8 Å². The summed E-state index contributed by atoms with van der Waals surface area (Å²) in [5, 5.41) is 2.88. The molecule has 2 amide bonds. The standard InChI is InChI=1S/C16H22N2O2/c1-4-17-16(20)13-9-10-14(19)18(3)15(13)12-7-5-11(2)6-8-12/h5-8,13,15H,4,9-10H2,1-3H3,(H,17,20)/t13-,15-/m1/s1. The Bertz CT molecular complexity index is 496. The Balaban J connectivity index is 2.32. The van der Waals surface area contributed by atoms with Crippen LogP contribution in [0.2, 0.25) is 0 Å². The lowest BCUT2D eigenvalue weighted by Gasteiger charge is -2.38. The summed E-state index contributed by atoms with van der Waals surface area (Å²) in [6.45, 7) is 4.56. The van der Waals surface area contributed by atoms with E-state index in [1.54, 1.807) is 11.9 Å². The van der Waals surface area contributed by atoms with E-state index in [2.05, 4.69) is 5.32 Å². The van der Waals surface area contributed by atoms with Crippen molar-refractivity contribution in [2.75, 3.05) is 13.6 Å². The molecule has 0 aromatic heterocycles. The molecule has 1 aliphatic heterocycles. The Labute approximate surface area is 120 Å². The van der Waals surface area contributed by atoms with Gasteiger partial charge in [-0.1, -0.05) is 29.8 Å². The van der Waals surface area contributed by atoms with Gasteiger partial charge in [-0.25, -0.2) is 0 Å². The van der Waals surface area contributed by atoms with Gasteiger partial charge in [0.1, 0.15) is 0 Å². The van der Waals surface area contributed by atoms with Gasteiger partial charge in [0.05, 0.1) is 12.0 Å². The van der Waals surface area contributed by atoms with Crippen LogP contribution in [0.25, 0.3) is 0 Å². The minimum absolute atomic E-state index is 0.0393. The quantitative estimate of drug-likeness (QED) is 0.917. The third-order valence-corrected chi connectivity index (χ3v) is 3.97. The fourth-order valence-electron chi connectivity index (χ4n) is 2.84. The largest absolute Gasteiger partial charge is 0.356 e. The third kappa shape index (κ3) is 2.84. The van der Waals surface area contributed by atoms with E-state index in [1.807, 2.05) is 38.1 Å². The van der Waals surface area contributed by atoms with E-state index < -0.39 is 0 Å². The maximum atomic E-state index is 12.3. The van der Waals surface area contributed by atoms with Gasteiger partial charge in [-0.2, -0.15) is 0 Å². The van der Waals surface area contributed by atoms with Crippen LogP contribution in [0.5, 0.6) is 0 Å². The number of amides is 2. The van der Waals surface area contributed by atoms with Crippen molar-refractivity contribution in [1.82, 2.24) is 10.2 Å². The Morgan fingerprint density at radius 3 is 2.60 bits per heavy atom. The smallest absolute Gasteiger partial charge is 0.225 e. The molecule has 1 aliphatic rings. The number of likely N-dealkylation sites (tertiary alicyclic amines) is 1. The van der Waals surface area contributed by atoms with Crippen molar-refractivity contribution in [3.05, 3.63) is 35.4 Å². The van der Waals surface area contributed by atoms with Crippen LogP contribution in [0.3, 0.4) is 0 Å². The molecule has 1 saturated heterocycles. The summed E-state index contributed by atoms with van der Waals surface area (Å²) in [4.78, 5) is 25.9. The zero-order chi connectivity index (χ0) is 14.7. The van der Waals surface area contributed by atoms with Gasteiger partial charge in [-0.3, -0.25) is 9.59 Å². The van der Waals surface area contributed by atoms with Crippen LogP contribution in [0.4, 0.5) is 0 Å². The molecule has 2 rings (SSSR count). The highest BCUT2D eigenvalue weighted by atomic mass is 16.2. The second kappa shape index (κ2) is 6.07. The molecule has 20 heavy (non-hydrogen) atoms. The van der Waals surface area contributed by atoms with E-state index in [0.717, 1.165) is 5.56 Å². The van der Waals surface area contributed by atoms with Crippen molar-refractivity contribution in [2.24, 2.45) is 5.92 Å². The van der Waals surface area contributed by atoms with Crippen LogP contribution in [0.1, 0.15) is 36.9 Å². The molecule has 0 aliphatic carbocycles. The number of hydrogen-bond donors (Lipinski definition) is 1. The third-order valence-electron chi connectivity index (χ3n) is 3.97. The summed E-state index contributed by atoms with van der Waals surface area (Å²) in [7, 11) is 1.79. The first kappa shape index (κ1) is 14.6. The molecule has 0 radical (unpaired) electrons. The Kier molecular flexibility index (Phi) is 4.42. The predicted octanol–water partition coefficient (Wildman–Crippen LogP) is 2.04. The molecule has 1 aromatic rings. The van der Waals surface area contributed by atoms with E-state index in [1.165, 1.54) is 5.56 Å². The lowest BCUT2D eigenvalue weighted by molar-refractivity contribution is -0.141. The van der Waals surface area contributed by atoms with Crippen molar-refractivity contribution in [3.8, 4) is 0 Å². The van der Waals surface area contributed by atoms with Gasteiger partial charge < -0.3 is 10.2 Å². The number of aryl methyl sites for hydroxylation is 1. The summed E-state index contributed by atoms with van der Waals surface area (Å²) in [5.41, 5.74) is 2.20. The van der Waals surface area contributed by atoms with Crippen molar-refractivity contribution < 1.29 is 9.59 Å². The van der Waals surface area contributed by atoms with E-state index in [4.69, 9.17) is 0 Å². The second-order valence-electron chi connectivity index (χ2n) is 5.40. The second-order valence-corrected chi connectivity index (χ2v) is 5.40. The van der Waals surface area contributed by atoms with Crippen LogP contribution in [-0.4, -0.2) is 30.3 Å². The van der Waals surface area contributed by atoms with Gasteiger partial charge in [0.2, 0.25) is 11.8 Å². The lowest BCUT2D eigenvalue weighted by Crippen LogP contribution is -2.46. The summed E-state index contributed by atoms with van der Waals surface area (Å²) < 4.78 is 0. The molecular weight excluding hydrogens is 252 g/mol. The Morgan fingerprint density at radius 2 is 2.00 bits per heavy atom. The first-order valence-electron chi connectivity index (χ1n) is 7.14. The molecule has 1 N–H and O–H groups in total. The normalized spacial score (nSPS) is 22.8. The summed E-state index contributed by atoms with van der Waals surface area (Å²) in [5.74, 6) is -0.0195. The summed E-state index contributed by atoms with van der Waals surface area (Å²) in [6, 6.07) is 7.92. The van der Waals surface area contributed by atoms with Gasteiger partial charge in [0.25, 0.3) is 0 Å². The highest BCUT2D eigenvalue weighted by molar-refractivity contribution is 5.84. The van der Waals surface area contributed by atoms with Gasteiger partial charge in [0, 0.05) is 20.0 Å². The van der Waals surface area contributed by atoms with Gasteiger partial charge in [-0.15, -0.1) is 0 Å². The molecule has 4 nitrogen and oxygen atoms in total. The molecule has 0 spiro atoms. The van der Waals surface area contributed by atoms with Crippen LogP contribution in [-0.2, 0) is 9.59 Å². The van der Waals surface area contributed by atoms with Crippen LogP contribution >= 0.6 is 0 Å². The fraction of sp³-hybridized carbons (Fsp3) is 0.500. The molecular formula is C16H22N2O2. The van der Waals surface area contributed by atoms with E-state index >= 15 is 0 Å². The van der Waals surface area contributed by atoms with Crippen LogP contribution in [0, 0.1) is 12.8 Å². The predicted molar refractivity (Wildman–Crippen MR) is 78.1 cm³/mol. The van der Waals surface area contributed by atoms with E-state index in [0.29, 0.717) is 19.4 Å². The van der Waals surface area contributed by atoms with E-state index in [9.17, 15) is 9.59 Å². The van der Waals surface area contributed by atoms with E-state index in [-0.39, 0.29) is 23.8 Å². The summed E-state index contributed by atoms with van der Waals surface area (Å²) in [6.07, 6.45) is 1.06. The van der Waals surface area contributed by atoms with Crippen molar-refractivity contribution in [2.45, 2.75) is 32.7 Å². The minimum atomic E-state index is -0.166. The van der Waals surface area contributed by atoms with Crippen LogP contribution in [0.15, 0.2) is 24.3 Å². The number of benzene rings is 1. The molecule has 0 bridgehead atoms.